The van der Waals surface area contributed by atoms with Crippen molar-refractivity contribution in [3.63, 3.8) is 0 Å². The summed E-state index contributed by atoms with van der Waals surface area (Å²) in [4.78, 5) is 29.2. The number of likely N-dealkylation sites (tertiary alicyclic amines) is 1. The Kier molecular flexibility index (Phi) is 7.58. The van der Waals surface area contributed by atoms with Crippen LogP contribution in [-0.4, -0.2) is 58.9 Å². The molecule has 1 fully saturated rings. The Morgan fingerprint density at radius 3 is 2.64 bits per heavy atom. The van der Waals surface area contributed by atoms with E-state index in [0.29, 0.717) is 23.0 Å². The number of aryl methyl sites for hydroxylation is 1. The number of benzene rings is 2. The molecule has 0 aliphatic carbocycles. The highest BCUT2D eigenvalue weighted by Crippen LogP contribution is 2.26. The lowest BCUT2D eigenvalue weighted by atomic mass is 10.1. The first kappa shape index (κ1) is 23.6. The van der Waals surface area contributed by atoms with Gasteiger partial charge in [0.05, 0.1) is 22.2 Å². The minimum Gasteiger partial charge on any atom is -0.503 e. The number of nitrogens with one attached hydrogen (secondary N) is 1. The summed E-state index contributed by atoms with van der Waals surface area (Å²) in [6.45, 7) is 3.00. The SMILES string of the molecule is O=C(NCCCc1ccc(Cl)c(Cl)c1)C1=C(O)C(=O)N([C@H]2CCN(Cc3ccccc3)C2)C1. The van der Waals surface area contributed by atoms with E-state index in [9.17, 15) is 14.7 Å². The Hall–Kier alpha value is -2.54. The number of halogens is 2. The van der Waals surface area contributed by atoms with E-state index in [4.69, 9.17) is 23.2 Å². The summed E-state index contributed by atoms with van der Waals surface area (Å²) >= 11 is 12.0. The maximum Gasteiger partial charge on any atom is 0.289 e. The zero-order chi connectivity index (χ0) is 23.4. The number of nitrogens with zero attached hydrogens (tertiary/aromatic N) is 2. The molecule has 0 bridgehead atoms. The fourth-order valence-electron chi connectivity index (χ4n) is 4.40. The van der Waals surface area contributed by atoms with Gasteiger partial charge in [-0.25, -0.2) is 0 Å². The average Bonchev–Trinajstić information content (AvgIpc) is 3.38. The number of hydrogen-bond donors (Lipinski definition) is 2. The van der Waals surface area contributed by atoms with Crippen LogP contribution in [-0.2, 0) is 22.6 Å². The quantitative estimate of drug-likeness (QED) is 0.552. The zero-order valence-electron chi connectivity index (χ0n) is 18.3. The molecule has 2 aromatic rings. The molecule has 33 heavy (non-hydrogen) atoms. The highest BCUT2D eigenvalue weighted by atomic mass is 35.5. The third kappa shape index (κ3) is 5.69. The second-order valence-electron chi connectivity index (χ2n) is 8.53. The van der Waals surface area contributed by atoms with Crippen molar-refractivity contribution in [1.29, 1.82) is 0 Å². The summed E-state index contributed by atoms with van der Waals surface area (Å²) in [5.74, 6) is -1.28. The third-order valence-electron chi connectivity index (χ3n) is 6.20. The molecule has 6 nitrogen and oxygen atoms in total. The standard InChI is InChI=1S/C25H27Cl2N3O3/c26-21-9-8-17(13-22(21)27)7-4-11-28-24(32)20-16-30(25(33)23(20)31)19-10-12-29(15-19)14-18-5-2-1-3-6-18/h1-3,5-6,8-9,13,19,31H,4,7,10-12,14-16H2,(H,28,32)/t19-/m0/s1. The van der Waals surface area contributed by atoms with Crippen LogP contribution in [0.5, 0.6) is 0 Å². The second kappa shape index (κ2) is 10.6. The molecule has 0 saturated carbocycles. The van der Waals surface area contributed by atoms with Crippen LogP contribution in [0.1, 0.15) is 24.0 Å². The molecule has 4 rings (SSSR count). The van der Waals surface area contributed by atoms with Crippen LogP contribution in [0.15, 0.2) is 59.9 Å². The maximum absolute atomic E-state index is 12.6. The summed E-state index contributed by atoms with van der Waals surface area (Å²) in [7, 11) is 0. The van der Waals surface area contributed by atoms with Crippen molar-refractivity contribution in [3.05, 3.63) is 81.0 Å². The molecular weight excluding hydrogens is 461 g/mol. The maximum atomic E-state index is 12.6. The van der Waals surface area contributed by atoms with Crippen molar-refractivity contribution in [3.8, 4) is 0 Å². The van der Waals surface area contributed by atoms with Crippen LogP contribution in [0.2, 0.25) is 10.0 Å². The fourth-order valence-corrected chi connectivity index (χ4v) is 4.73. The molecule has 2 N–H and O–H groups in total. The van der Waals surface area contributed by atoms with Crippen LogP contribution in [0, 0.1) is 0 Å². The van der Waals surface area contributed by atoms with Gasteiger partial charge in [0.1, 0.15) is 0 Å². The predicted molar refractivity (Wildman–Crippen MR) is 129 cm³/mol. The molecule has 2 aliphatic heterocycles. The monoisotopic (exact) mass is 487 g/mol. The van der Waals surface area contributed by atoms with Crippen molar-refractivity contribution in [2.75, 3.05) is 26.2 Å². The van der Waals surface area contributed by atoms with Crippen molar-refractivity contribution in [2.24, 2.45) is 0 Å². The highest BCUT2D eigenvalue weighted by molar-refractivity contribution is 6.42. The lowest BCUT2D eigenvalue weighted by molar-refractivity contribution is -0.129. The summed E-state index contributed by atoms with van der Waals surface area (Å²) in [5, 5.41) is 14.2. The van der Waals surface area contributed by atoms with Crippen LogP contribution in [0.25, 0.3) is 0 Å². The van der Waals surface area contributed by atoms with E-state index in [0.717, 1.165) is 38.0 Å². The topological polar surface area (TPSA) is 72.9 Å². The smallest absolute Gasteiger partial charge is 0.289 e. The summed E-state index contributed by atoms with van der Waals surface area (Å²) in [6.07, 6.45) is 2.25. The Morgan fingerprint density at radius 1 is 1.09 bits per heavy atom. The van der Waals surface area contributed by atoms with Gasteiger partial charge in [-0.05, 0) is 42.5 Å². The van der Waals surface area contributed by atoms with E-state index in [1.165, 1.54) is 5.56 Å². The number of aliphatic hydroxyl groups is 1. The highest BCUT2D eigenvalue weighted by Gasteiger charge is 2.40. The van der Waals surface area contributed by atoms with Crippen molar-refractivity contribution in [1.82, 2.24) is 15.1 Å². The molecule has 1 atom stereocenters. The lowest BCUT2D eigenvalue weighted by Crippen LogP contribution is -2.40. The van der Waals surface area contributed by atoms with Crippen molar-refractivity contribution >= 4 is 35.0 Å². The molecule has 2 heterocycles. The fraction of sp³-hybridized carbons (Fsp3) is 0.360. The van der Waals surface area contributed by atoms with E-state index in [2.05, 4.69) is 22.3 Å². The van der Waals surface area contributed by atoms with E-state index < -0.39 is 17.6 Å². The van der Waals surface area contributed by atoms with E-state index in [1.807, 2.05) is 30.3 Å². The van der Waals surface area contributed by atoms with E-state index in [-0.39, 0.29) is 18.2 Å². The van der Waals surface area contributed by atoms with Gasteiger partial charge in [0, 0.05) is 32.2 Å². The van der Waals surface area contributed by atoms with E-state index in [1.54, 1.807) is 11.0 Å². The largest absolute Gasteiger partial charge is 0.503 e. The third-order valence-corrected chi connectivity index (χ3v) is 6.94. The second-order valence-corrected chi connectivity index (χ2v) is 9.35. The lowest BCUT2D eigenvalue weighted by Gasteiger charge is -2.24. The molecule has 2 amide bonds. The Bertz CT molecular complexity index is 1060. The number of aliphatic hydroxyl groups excluding tert-OH is 1. The minimum atomic E-state index is -0.456. The van der Waals surface area contributed by atoms with Gasteiger partial charge in [0.2, 0.25) is 0 Å². The van der Waals surface area contributed by atoms with Crippen LogP contribution in [0.3, 0.4) is 0 Å². The first-order valence-corrected chi connectivity index (χ1v) is 11.9. The van der Waals surface area contributed by atoms with Gasteiger partial charge >= 0.3 is 0 Å². The summed E-state index contributed by atoms with van der Waals surface area (Å²) in [6, 6.07) is 15.7. The molecule has 2 aliphatic rings. The molecule has 0 radical (unpaired) electrons. The Balaban J connectivity index is 1.25. The van der Waals surface area contributed by atoms with Gasteiger partial charge in [-0.15, -0.1) is 0 Å². The predicted octanol–water partition coefficient (Wildman–Crippen LogP) is 3.97. The molecular formula is C25H27Cl2N3O3. The van der Waals surface area contributed by atoms with Crippen molar-refractivity contribution < 1.29 is 14.7 Å². The zero-order valence-corrected chi connectivity index (χ0v) is 19.8. The molecule has 8 heteroatoms. The first-order chi connectivity index (χ1) is 15.9. The van der Waals surface area contributed by atoms with Gasteiger partial charge in [-0.1, -0.05) is 59.6 Å². The molecule has 174 valence electrons. The van der Waals surface area contributed by atoms with Gasteiger partial charge in [-0.3, -0.25) is 14.5 Å². The number of carbonyl (C=O) groups is 2. The van der Waals surface area contributed by atoms with Crippen molar-refractivity contribution in [2.45, 2.75) is 31.8 Å². The Labute approximate surface area is 203 Å². The minimum absolute atomic E-state index is 0.0108. The van der Waals surface area contributed by atoms with Gasteiger partial charge < -0.3 is 15.3 Å². The first-order valence-electron chi connectivity index (χ1n) is 11.1. The average molecular weight is 488 g/mol. The molecule has 1 saturated heterocycles. The normalized spacial score (nSPS) is 18.9. The van der Waals surface area contributed by atoms with Crippen LogP contribution in [0.4, 0.5) is 0 Å². The Morgan fingerprint density at radius 2 is 1.88 bits per heavy atom. The molecule has 0 spiro atoms. The van der Waals surface area contributed by atoms with Gasteiger partial charge in [0.25, 0.3) is 11.8 Å². The molecule has 0 aromatic heterocycles. The van der Waals surface area contributed by atoms with Crippen LogP contribution >= 0.6 is 23.2 Å². The number of rotatable bonds is 8. The van der Waals surface area contributed by atoms with E-state index >= 15 is 0 Å². The summed E-state index contributed by atoms with van der Waals surface area (Å²) < 4.78 is 0. The number of amides is 2. The summed E-state index contributed by atoms with van der Waals surface area (Å²) in [5.41, 5.74) is 2.41. The molecule has 0 unspecified atom stereocenters. The molecule has 2 aromatic carbocycles. The van der Waals surface area contributed by atoms with Crippen LogP contribution < -0.4 is 5.32 Å². The van der Waals surface area contributed by atoms with Gasteiger partial charge in [0.15, 0.2) is 5.76 Å². The number of hydrogen-bond acceptors (Lipinski definition) is 4. The number of carbonyl (C=O) groups excluding carboxylic acids is 2. The van der Waals surface area contributed by atoms with Gasteiger partial charge in [-0.2, -0.15) is 0 Å².